The Morgan fingerprint density at radius 2 is 1.38 bits per heavy atom. The number of hydrogen-bond acceptors (Lipinski definition) is 8. The van der Waals surface area contributed by atoms with Crippen LogP contribution >= 0.6 is 11.6 Å². The number of rotatable bonds is 9. The number of nitrogens with one attached hydrogen (secondary N) is 1. The number of amides is 1. The van der Waals surface area contributed by atoms with Crippen molar-refractivity contribution in [3.8, 4) is 5.75 Å². The van der Waals surface area contributed by atoms with Gasteiger partial charge in [0.1, 0.15) is 12.3 Å². The zero-order valence-corrected chi connectivity index (χ0v) is 21.6. The second-order valence-corrected chi connectivity index (χ2v) is 9.79. The van der Waals surface area contributed by atoms with Crippen LogP contribution in [0.25, 0.3) is 0 Å². The van der Waals surface area contributed by atoms with E-state index >= 15 is 0 Å². The molecule has 10 nitrogen and oxygen atoms in total. The van der Waals surface area contributed by atoms with Gasteiger partial charge in [0.2, 0.25) is 5.91 Å². The SMILES string of the molecule is COC(=O)c1cc(NC(=O)CN(c2ccc(Cl)cc2)S(=O)(=O)c2ccc(OC)cc2)cc(C(=O)OC)c1. The molecule has 3 aromatic rings. The number of esters is 2. The van der Waals surface area contributed by atoms with E-state index in [1.165, 1.54) is 88.1 Å². The molecule has 194 valence electrons. The minimum absolute atomic E-state index is 0.0129. The molecule has 3 rings (SSSR count). The minimum Gasteiger partial charge on any atom is -0.497 e. The summed E-state index contributed by atoms with van der Waals surface area (Å²) in [5.41, 5.74) is 0.224. The molecule has 0 aliphatic rings. The van der Waals surface area contributed by atoms with E-state index in [2.05, 4.69) is 5.32 Å². The summed E-state index contributed by atoms with van der Waals surface area (Å²) in [6, 6.07) is 15.4. The summed E-state index contributed by atoms with van der Waals surface area (Å²) in [5, 5.41) is 2.91. The fourth-order valence-electron chi connectivity index (χ4n) is 3.30. The minimum atomic E-state index is -4.20. The second kappa shape index (κ2) is 11.8. The van der Waals surface area contributed by atoms with Crippen LogP contribution in [0.2, 0.25) is 5.02 Å². The van der Waals surface area contributed by atoms with E-state index in [4.69, 9.17) is 25.8 Å². The largest absolute Gasteiger partial charge is 0.497 e. The first-order chi connectivity index (χ1) is 17.6. The molecule has 12 heteroatoms. The Morgan fingerprint density at radius 1 is 0.838 bits per heavy atom. The van der Waals surface area contributed by atoms with E-state index in [9.17, 15) is 22.8 Å². The molecule has 0 bridgehead atoms. The van der Waals surface area contributed by atoms with Crippen LogP contribution in [-0.4, -0.2) is 54.1 Å². The molecule has 0 heterocycles. The topological polar surface area (TPSA) is 128 Å². The van der Waals surface area contributed by atoms with Gasteiger partial charge < -0.3 is 19.5 Å². The number of ether oxygens (including phenoxy) is 3. The average Bonchev–Trinajstić information content (AvgIpc) is 2.91. The van der Waals surface area contributed by atoms with Crippen molar-refractivity contribution in [1.29, 1.82) is 0 Å². The summed E-state index contributed by atoms with van der Waals surface area (Å²) in [6.45, 7) is -0.633. The third kappa shape index (κ3) is 6.57. The lowest BCUT2D eigenvalue weighted by molar-refractivity contribution is -0.114. The number of carbonyl (C=O) groups is 3. The predicted octanol–water partition coefficient (Wildman–Crippen LogP) is 3.76. The van der Waals surface area contributed by atoms with Gasteiger partial charge in [-0.2, -0.15) is 0 Å². The summed E-state index contributed by atoms with van der Waals surface area (Å²) in [7, 11) is -0.420. The van der Waals surface area contributed by atoms with Crippen LogP contribution in [-0.2, 0) is 24.3 Å². The highest BCUT2D eigenvalue weighted by Crippen LogP contribution is 2.27. The number of methoxy groups -OCH3 is 3. The van der Waals surface area contributed by atoms with E-state index in [-0.39, 0.29) is 27.4 Å². The third-order valence-corrected chi connectivity index (χ3v) is 7.15. The van der Waals surface area contributed by atoms with Gasteiger partial charge in [0.25, 0.3) is 10.0 Å². The van der Waals surface area contributed by atoms with Crippen molar-refractivity contribution < 1.29 is 37.0 Å². The van der Waals surface area contributed by atoms with Crippen molar-refractivity contribution in [3.63, 3.8) is 0 Å². The molecule has 0 aliphatic heterocycles. The van der Waals surface area contributed by atoms with Crippen LogP contribution in [0, 0.1) is 0 Å². The van der Waals surface area contributed by atoms with Gasteiger partial charge in [-0.15, -0.1) is 0 Å². The van der Waals surface area contributed by atoms with E-state index in [1.807, 2.05) is 0 Å². The van der Waals surface area contributed by atoms with Gasteiger partial charge in [-0.05, 0) is 66.7 Å². The Kier molecular flexibility index (Phi) is 8.74. The third-order valence-electron chi connectivity index (χ3n) is 5.11. The molecule has 1 N–H and O–H groups in total. The number of benzene rings is 3. The molecular weight excluding hydrogens is 524 g/mol. The van der Waals surface area contributed by atoms with Crippen LogP contribution in [0.1, 0.15) is 20.7 Å². The smallest absolute Gasteiger partial charge is 0.337 e. The standard InChI is InChI=1S/C25H23ClN2O8S/c1-34-21-8-10-22(11-9-21)37(32,33)28(20-6-4-18(26)5-7-20)15-23(29)27-19-13-16(24(30)35-2)12-17(14-19)25(31)36-3/h4-14H,15H2,1-3H3,(H,27,29). The van der Waals surface area contributed by atoms with Gasteiger partial charge in [-0.3, -0.25) is 9.10 Å². The van der Waals surface area contributed by atoms with Crippen LogP contribution in [0.3, 0.4) is 0 Å². The van der Waals surface area contributed by atoms with Gasteiger partial charge in [0.05, 0.1) is 43.0 Å². The van der Waals surface area contributed by atoms with Crippen LogP contribution in [0.15, 0.2) is 71.6 Å². The Balaban J connectivity index is 1.97. The fourth-order valence-corrected chi connectivity index (χ4v) is 4.85. The van der Waals surface area contributed by atoms with Crippen molar-refractivity contribution in [1.82, 2.24) is 0 Å². The van der Waals surface area contributed by atoms with Crippen molar-refractivity contribution in [3.05, 3.63) is 82.9 Å². The summed E-state index contributed by atoms with van der Waals surface area (Å²) in [5.74, 6) is -1.77. The fraction of sp³-hybridized carbons (Fsp3) is 0.160. The van der Waals surface area contributed by atoms with Crippen molar-refractivity contribution in [2.24, 2.45) is 0 Å². The molecule has 0 spiro atoms. The number of nitrogens with zero attached hydrogens (tertiary/aromatic N) is 1. The molecule has 1 amide bonds. The maximum atomic E-state index is 13.5. The zero-order chi connectivity index (χ0) is 27.2. The Labute approximate surface area is 218 Å². The van der Waals surface area contributed by atoms with Crippen LogP contribution < -0.4 is 14.4 Å². The lowest BCUT2D eigenvalue weighted by Crippen LogP contribution is -2.38. The van der Waals surface area contributed by atoms with Gasteiger partial charge in [0.15, 0.2) is 0 Å². The first kappa shape index (κ1) is 27.5. The maximum Gasteiger partial charge on any atom is 0.337 e. The number of hydrogen-bond donors (Lipinski definition) is 1. The Morgan fingerprint density at radius 3 is 1.86 bits per heavy atom. The van der Waals surface area contributed by atoms with Gasteiger partial charge in [-0.25, -0.2) is 18.0 Å². The van der Waals surface area contributed by atoms with E-state index < -0.39 is 34.4 Å². The summed E-state index contributed by atoms with van der Waals surface area (Å²) < 4.78 is 42.4. The zero-order valence-electron chi connectivity index (χ0n) is 20.1. The van der Waals surface area contributed by atoms with E-state index in [0.717, 1.165) is 4.31 Å². The monoisotopic (exact) mass is 546 g/mol. The molecule has 0 radical (unpaired) electrons. The number of sulfonamides is 1. The Hall–Kier alpha value is -4.09. The maximum absolute atomic E-state index is 13.5. The molecular formula is C25H23ClN2O8S. The van der Waals surface area contributed by atoms with Crippen molar-refractivity contribution in [2.75, 3.05) is 37.5 Å². The van der Waals surface area contributed by atoms with Crippen molar-refractivity contribution >= 4 is 50.8 Å². The molecule has 0 atom stereocenters. The first-order valence-corrected chi connectivity index (χ1v) is 12.4. The molecule has 0 saturated heterocycles. The highest BCUT2D eigenvalue weighted by atomic mass is 35.5. The van der Waals surface area contributed by atoms with E-state index in [0.29, 0.717) is 10.8 Å². The summed E-state index contributed by atoms with van der Waals surface area (Å²) in [6.07, 6.45) is 0. The molecule has 3 aromatic carbocycles. The van der Waals surface area contributed by atoms with Gasteiger partial charge in [-0.1, -0.05) is 11.6 Å². The molecule has 0 aliphatic carbocycles. The van der Waals surface area contributed by atoms with E-state index in [1.54, 1.807) is 0 Å². The summed E-state index contributed by atoms with van der Waals surface area (Å²) >= 11 is 5.96. The highest BCUT2D eigenvalue weighted by Gasteiger charge is 2.28. The highest BCUT2D eigenvalue weighted by molar-refractivity contribution is 7.92. The van der Waals surface area contributed by atoms with Crippen LogP contribution in [0.5, 0.6) is 5.75 Å². The lowest BCUT2D eigenvalue weighted by atomic mass is 10.1. The molecule has 0 fully saturated rings. The second-order valence-electron chi connectivity index (χ2n) is 7.49. The van der Waals surface area contributed by atoms with Crippen molar-refractivity contribution in [2.45, 2.75) is 4.90 Å². The number of carbonyl (C=O) groups excluding carboxylic acids is 3. The number of anilines is 2. The van der Waals surface area contributed by atoms with Crippen LogP contribution in [0.4, 0.5) is 11.4 Å². The van der Waals surface area contributed by atoms with Gasteiger partial charge >= 0.3 is 11.9 Å². The molecule has 0 saturated carbocycles. The molecule has 0 unspecified atom stereocenters. The molecule has 0 aromatic heterocycles. The first-order valence-electron chi connectivity index (χ1n) is 10.6. The summed E-state index contributed by atoms with van der Waals surface area (Å²) in [4.78, 5) is 37.1. The predicted molar refractivity (Wildman–Crippen MR) is 137 cm³/mol. The quantitative estimate of drug-likeness (QED) is 0.402. The number of halogens is 1. The molecule has 37 heavy (non-hydrogen) atoms. The lowest BCUT2D eigenvalue weighted by Gasteiger charge is -2.24. The van der Waals surface area contributed by atoms with Gasteiger partial charge in [0, 0.05) is 10.7 Å². The Bertz CT molecular complexity index is 1370. The average molecular weight is 547 g/mol. The normalized spacial score (nSPS) is 10.8.